The van der Waals surface area contributed by atoms with Crippen LogP contribution >= 0.6 is 11.3 Å². The molecule has 0 unspecified atom stereocenters. The van der Waals surface area contributed by atoms with Gasteiger partial charge in [-0.3, -0.25) is 4.79 Å². The van der Waals surface area contributed by atoms with Gasteiger partial charge in [-0.2, -0.15) is 4.31 Å². The molecule has 5 rings (SSSR count). The summed E-state index contributed by atoms with van der Waals surface area (Å²) in [5.74, 6) is -0.00588. The summed E-state index contributed by atoms with van der Waals surface area (Å²) in [7, 11) is -3.50. The second-order valence-electron chi connectivity index (χ2n) is 10.3. The van der Waals surface area contributed by atoms with Gasteiger partial charge in [0, 0.05) is 58.0 Å². The number of nitrogens with one attached hydrogen (secondary N) is 1. The van der Waals surface area contributed by atoms with E-state index in [1.807, 2.05) is 30.6 Å². The van der Waals surface area contributed by atoms with Gasteiger partial charge in [0.1, 0.15) is 12.7 Å². The average molecular weight is 601 g/mol. The quantitative estimate of drug-likeness (QED) is 0.340. The number of aliphatic hydroxyl groups excluding tert-OH is 1. The van der Waals surface area contributed by atoms with Crippen LogP contribution in [0.5, 0.6) is 5.19 Å². The monoisotopic (exact) mass is 600 g/mol. The van der Waals surface area contributed by atoms with Crippen molar-refractivity contribution >= 4 is 49.0 Å². The highest BCUT2D eigenvalue weighted by Gasteiger charge is 2.26. The fourth-order valence-electron chi connectivity index (χ4n) is 5.07. The lowest BCUT2D eigenvalue weighted by atomic mass is 10.0. The van der Waals surface area contributed by atoms with Crippen molar-refractivity contribution in [1.82, 2.24) is 24.6 Å². The van der Waals surface area contributed by atoms with Gasteiger partial charge in [0.15, 0.2) is 0 Å². The van der Waals surface area contributed by atoms with Gasteiger partial charge in [-0.15, -0.1) is 0 Å². The van der Waals surface area contributed by atoms with E-state index >= 15 is 0 Å². The molecule has 2 aromatic heterocycles. The van der Waals surface area contributed by atoms with E-state index in [4.69, 9.17) is 14.8 Å². The molecule has 4 heterocycles. The number of thiazole rings is 1. The zero-order valence-corrected chi connectivity index (χ0v) is 24.8. The predicted molar refractivity (Wildman–Crippen MR) is 160 cm³/mol. The first-order valence-corrected chi connectivity index (χ1v) is 16.4. The van der Waals surface area contributed by atoms with E-state index in [0.29, 0.717) is 18.2 Å². The number of aliphatic hydroxyl groups is 1. The second-order valence-corrected chi connectivity index (χ2v) is 13.4. The van der Waals surface area contributed by atoms with Crippen LogP contribution in [0.25, 0.3) is 15.8 Å². The smallest absolute Gasteiger partial charge is 0.274 e. The number of hydrogen-bond donors (Lipinski definition) is 2. The van der Waals surface area contributed by atoms with Gasteiger partial charge < -0.3 is 20.1 Å². The number of aromatic nitrogens is 3. The lowest BCUT2D eigenvalue weighted by Gasteiger charge is -2.31. The van der Waals surface area contributed by atoms with Crippen molar-refractivity contribution in [3.8, 4) is 5.19 Å². The molecule has 1 aromatic carbocycles. The molecule has 41 heavy (non-hydrogen) atoms. The molecular formula is C28H36N6O5S2. The number of carbonyl (C=O) groups excluding carboxylic acids is 1. The van der Waals surface area contributed by atoms with E-state index in [1.165, 1.54) is 21.2 Å². The van der Waals surface area contributed by atoms with E-state index in [2.05, 4.69) is 33.2 Å². The highest BCUT2D eigenvalue weighted by Crippen LogP contribution is 2.33. The molecule has 220 valence electrons. The van der Waals surface area contributed by atoms with Crippen molar-refractivity contribution in [2.75, 3.05) is 50.0 Å². The van der Waals surface area contributed by atoms with Crippen molar-refractivity contribution in [2.45, 2.75) is 45.1 Å². The van der Waals surface area contributed by atoms with Crippen molar-refractivity contribution in [1.29, 1.82) is 0 Å². The van der Waals surface area contributed by atoms with Crippen molar-refractivity contribution in [2.24, 2.45) is 0 Å². The maximum Gasteiger partial charge on any atom is 0.274 e. The Morgan fingerprint density at radius 3 is 2.66 bits per heavy atom. The first kappa shape index (κ1) is 29.4. The number of sulfonamides is 1. The van der Waals surface area contributed by atoms with Crippen LogP contribution in [-0.4, -0.2) is 89.9 Å². The lowest BCUT2D eigenvalue weighted by molar-refractivity contribution is -0.123. The number of hydrogen-bond acceptors (Lipinski definition) is 10. The van der Waals surface area contributed by atoms with Crippen molar-refractivity contribution in [3.05, 3.63) is 47.8 Å². The average Bonchev–Trinajstić information content (AvgIpc) is 3.39. The molecule has 0 radical (unpaired) electrons. The van der Waals surface area contributed by atoms with Crippen LogP contribution in [0.3, 0.4) is 0 Å². The Morgan fingerprint density at radius 2 is 1.98 bits per heavy atom. The Hall–Kier alpha value is -3.13. The summed E-state index contributed by atoms with van der Waals surface area (Å²) in [6.07, 6.45) is 10.3. The van der Waals surface area contributed by atoms with Crippen LogP contribution in [0.4, 0.5) is 5.95 Å². The molecule has 13 heteroatoms. The fraction of sp³-hybridized carbons (Fsp3) is 0.500. The maximum absolute atomic E-state index is 12.6. The van der Waals surface area contributed by atoms with Crippen LogP contribution in [-0.2, 0) is 21.2 Å². The Morgan fingerprint density at radius 1 is 1.20 bits per heavy atom. The van der Waals surface area contributed by atoms with E-state index in [9.17, 15) is 13.2 Å². The van der Waals surface area contributed by atoms with Crippen molar-refractivity contribution in [3.63, 3.8) is 0 Å². The minimum Gasteiger partial charge on any atom is -0.467 e. The zero-order chi connectivity index (χ0) is 28.8. The summed E-state index contributed by atoms with van der Waals surface area (Å²) in [5.41, 5.74) is 4.21. The molecule has 1 saturated heterocycles. The van der Waals surface area contributed by atoms with Crippen molar-refractivity contribution < 1.29 is 23.1 Å². The third-order valence-electron chi connectivity index (χ3n) is 7.35. The predicted octanol–water partition coefficient (Wildman–Crippen LogP) is 2.61. The minimum absolute atomic E-state index is 0.0261. The molecule has 3 aromatic rings. The standard InChI is InChI=1S/C28H36N6O5S2/c1-2-3-20-17-30-27(31-18-20)33-11-8-23(9-12-33)39-28-32-24-5-4-22(16-25(24)40-28)21-6-13-34(14-7-21)41(37,38)15-10-29-26(36)19-35/h4-6,16-18,23,35H,2-3,7-15,19H2,1H3,(H,29,36). The molecule has 0 saturated carbocycles. The van der Waals surface area contributed by atoms with E-state index in [0.717, 1.165) is 66.1 Å². The maximum atomic E-state index is 12.6. The van der Waals surface area contributed by atoms with Crippen LogP contribution in [0, 0.1) is 0 Å². The molecule has 1 amide bonds. The number of nitrogens with zero attached hydrogens (tertiary/aromatic N) is 5. The molecule has 0 bridgehead atoms. The summed E-state index contributed by atoms with van der Waals surface area (Å²) in [6.45, 7) is 3.81. The Bertz CT molecular complexity index is 1480. The molecular weight excluding hydrogens is 564 g/mol. The lowest BCUT2D eigenvalue weighted by Crippen LogP contribution is -2.40. The Labute approximate surface area is 244 Å². The fourth-order valence-corrected chi connectivity index (χ4v) is 7.28. The zero-order valence-electron chi connectivity index (χ0n) is 23.2. The molecule has 0 aliphatic carbocycles. The number of fused-ring (bicyclic) bond motifs is 1. The van der Waals surface area contributed by atoms with Crippen LogP contribution < -0.4 is 15.0 Å². The number of benzene rings is 1. The van der Waals surface area contributed by atoms with E-state index < -0.39 is 22.5 Å². The van der Waals surface area contributed by atoms with Gasteiger partial charge in [-0.25, -0.2) is 23.4 Å². The van der Waals surface area contributed by atoms with E-state index in [-0.39, 0.29) is 24.9 Å². The number of amides is 1. The molecule has 11 nitrogen and oxygen atoms in total. The molecule has 0 spiro atoms. The largest absolute Gasteiger partial charge is 0.467 e. The molecule has 2 aliphatic rings. The van der Waals surface area contributed by atoms with Crippen LogP contribution in [0.15, 0.2) is 36.7 Å². The molecule has 1 fully saturated rings. The number of rotatable bonds is 11. The normalized spacial score (nSPS) is 17.0. The number of aryl methyl sites for hydroxylation is 1. The van der Waals surface area contributed by atoms with Gasteiger partial charge in [0.05, 0.1) is 16.0 Å². The van der Waals surface area contributed by atoms with Crippen LogP contribution in [0.1, 0.15) is 43.7 Å². The number of carbonyl (C=O) groups is 1. The highest BCUT2D eigenvalue weighted by molar-refractivity contribution is 7.89. The third-order valence-corrected chi connectivity index (χ3v) is 10.1. The summed E-state index contributed by atoms with van der Waals surface area (Å²) in [4.78, 5) is 27.2. The topological polar surface area (TPSA) is 138 Å². The summed E-state index contributed by atoms with van der Waals surface area (Å²) in [5, 5.41) is 11.8. The Kier molecular flexibility index (Phi) is 9.48. The molecule has 0 atom stereocenters. The number of piperidine rings is 1. The van der Waals surface area contributed by atoms with Gasteiger partial charge >= 0.3 is 0 Å². The van der Waals surface area contributed by atoms with Gasteiger partial charge in [0.2, 0.25) is 21.9 Å². The molecule has 2 aliphatic heterocycles. The SMILES string of the molecule is CCCc1cnc(N2CCC(Oc3nc4ccc(C5=CCN(S(=O)(=O)CCNC(=O)CO)CC5)cc4s3)CC2)nc1. The Balaban J connectivity index is 1.15. The molecule has 2 N–H and O–H groups in total. The first-order chi connectivity index (χ1) is 19.8. The van der Waals surface area contributed by atoms with E-state index in [1.54, 1.807) is 0 Å². The minimum atomic E-state index is -3.50. The third kappa shape index (κ3) is 7.39. The summed E-state index contributed by atoms with van der Waals surface area (Å²) < 4.78 is 34.0. The first-order valence-electron chi connectivity index (χ1n) is 14.0. The van der Waals surface area contributed by atoms with Gasteiger partial charge in [0.25, 0.3) is 5.19 Å². The second kappa shape index (κ2) is 13.2. The van der Waals surface area contributed by atoms with Crippen LogP contribution in [0.2, 0.25) is 0 Å². The highest BCUT2D eigenvalue weighted by atomic mass is 32.2. The number of ether oxygens (including phenoxy) is 1. The van der Waals surface area contributed by atoms with Gasteiger partial charge in [-0.05, 0) is 41.7 Å². The number of anilines is 1. The summed E-state index contributed by atoms with van der Waals surface area (Å²) in [6, 6.07) is 6.11. The van der Waals surface area contributed by atoms with Gasteiger partial charge in [-0.1, -0.05) is 36.8 Å². The summed E-state index contributed by atoms with van der Waals surface area (Å²) >= 11 is 1.53.